The third-order valence-electron chi connectivity index (χ3n) is 20.1. The van der Waals surface area contributed by atoms with Crippen LogP contribution in [0.4, 0.5) is 0 Å². The van der Waals surface area contributed by atoms with Gasteiger partial charge in [0.2, 0.25) is 0 Å². The van der Waals surface area contributed by atoms with Crippen molar-refractivity contribution in [1.82, 2.24) is 4.90 Å². The number of fused-ring (bicyclic) bond motifs is 5. The van der Waals surface area contributed by atoms with Gasteiger partial charge in [0.15, 0.2) is 0 Å². The molecule has 3 fully saturated rings. The molecule has 10 unspecified atom stereocenters. The Morgan fingerprint density at radius 1 is 0.638 bits per heavy atom. The Morgan fingerprint density at radius 3 is 1.84 bits per heavy atom. The van der Waals surface area contributed by atoms with Crippen LogP contribution in [-0.2, 0) is 19.1 Å². The van der Waals surface area contributed by atoms with E-state index in [2.05, 4.69) is 80.3 Å². The fourth-order valence-corrected chi connectivity index (χ4v) is 14.7. The van der Waals surface area contributed by atoms with E-state index in [-0.39, 0.29) is 24.1 Å². The highest BCUT2D eigenvalue weighted by Crippen LogP contribution is 2.67. The van der Waals surface area contributed by atoms with E-state index in [4.69, 9.17) is 9.47 Å². The molecule has 5 nitrogen and oxygen atoms in total. The van der Waals surface area contributed by atoms with Gasteiger partial charge in [0.1, 0.15) is 12.2 Å². The monoisotopic (exact) mass is 964 g/mol. The zero-order chi connectivity index (χ0) is 50.1. The van der Waals surface area contributed by atoms with E-state index in [0.717, 1.165) is 112 Å². The van der Waals surface area contributed by atoms with Gasteiger partial charge in [-0.3, -0.25) is 9.59 Å². The number of rotatable bonds is 38. The van der Waals surface area contributed by atoms with Crippen molar-refractivity contribution < 1.29 is 19.1 Å². The Kier molecular flexibility index (Phi) is 28.6. The molecule has 0 spiro atoms. The molecule has 4 aliphatic carbocycles. The van der Waals surface area contributed by atoms with Crippen molar-refractivity contribution in [2.24, 2.45) is 58.2 Å². The second-order valence-corrected chi connectivity index (χ2v) is 25.4. The molecule has 0 heterocycles. The molecule has 0 radical (unpaired) electrons. The van der Waals surface area contributed by atoms with Gasteiger partial charge < -0.3 is 14.4 Å². The molecule has 3 saturated carbocycles. The summed E-state index contributed by atoms with van der Waals surface area (Å²) in [7, 11) is 2.24. The molecule has 4 aliphatic rings. The summed E-state index contributed by atoms with van der Waals surface area (Å²) in [5.74, 6) is 6.71. The minimum absolute atomic E-state index is 0.0383. The summed E-state index contributed by atoms with van der Waals surface area (Å²) in [4.78, 5) is 28.7. The highest BCUT2D eigenvalue weighted by molar-refractivity contribution is 5.69. The summed E-state index contributed by atoms with van der Waals surface area (Å²) < 4.78 is 12.4. The number of allylic oxidation sites excluding steroid dienone is 1. The molecule has 402 valence electrons. The second kappa shape index (κ2) is 32.7. The average Bonchev–Trinajstić information content (AvgIpc) is 3.69. The number of hydrogen-bond acceptors (Lipinski definition) is 5. The van der Waals surface area contributed by atoms with E-state index in [1.54, 1.807) is 5.57 Å². The molecule has 5 heteroatoms. The molecule has 0 bridgehead atoms. The lowest BCUT2D eigenvalue weighted by atomic mass is 9.47. The van der Waals surface area contributed by atoms with Crippen molar-refractivity contribution in [2.45, 2.75) is 306 Å². The topological polar surface area (TPSA) is 55.8 Å². The molecule has 0 N–H and O–H groups in total. The van der Waals surface area contributed by atoms with Crippen LogP contribution in [0.1, 0.15) is 293 Å². The summed E-state index contributed by atoms with van der Waals surface area (Å²) >= 11 is 0. The Balaban J connectivity index is 1.12. The van der Waals surface area contributed by atoms with Crippen molar-refractivity contribution in [3.05, 3.63) is 11.6 Å². The van der Waals surface area contributed by atoms with Crippen molar-refractivity contribution in [1.29, 1.82) is 0 Å². The zero-order valence-electron chi connectivity index (χ0n) is 47.8. The van der Waals surface area contributed by atoms with Gasteiger partial charge in [0.05, 0.1) is 0 Å². The Labute approximate surface area is 429 Å². The molecule has 10 atom stereocenters. The number of carbonyl (C=O) groups excluding carboxylic acids is 2. The molecule has 0 aromatic carbocycles. The average molecular weight is 965 g/mol. The van der Waals surface area contributed by atoms with E-state index >= 15 is 0 Å². The lowest BCUT2D eigenvalue weighted by Crippen LogP contribution is -2.51. The number of hydrogen-bond donors (Lipinski definition) is 0. The summed E-state index contributed by atoms with van der Waals surface area (Å²) in [6.45, 7) is 24.2. The van der Waals surface area contributed by atoms with Gasteiger partial charge in [-0.2, -0.15) is 0 Å². The third kappa shape index (κ3) is 20.1. The molecule has 0 aromatic heterocycles. The van der Waals surface area contributed by atoms with E-state index in [0.29, 0.717) is 23.7 Å². The van der Waals surface area contributed by atoms with Gasteiger partial charge in [-0.25, -0.2) is 0 Å². The maximum Gasteiger partial charge on any atom is 0.306 e. The molecule has 0 aromatic rings. The number of carbonyl (C=O) groups is 2. The minimum Gasteiger partial charge on any atom is -0.462 e. The summed E-state index contributed by atoms with van der Waals surface area (Å²) in [5.41, 5.74) is 2.44. The van der Waals surface area contributed by atoms with E-state index in [9.17, 15) is 9.59 Å². The lowest BCUT2D eigenvalue weighted by molar-refractivity contribution is -0.152. The van der Waals surface area contributed by atoms with Crippen LogP contribution in [0.5, 0.6) is 0 Å². The van der Waals surface area contributed by atoms with Crippen LogP contribution < -0.4 is 0 Å². The summed E-state index contributed by atoms with van der Waals surface area (Å²) in [6.07, 6.45) is 46.1. The van der Waals surface area contributed by atoms with E-state index < -0.39 is 0 Å². The lowest BCUT2D eigenvalue weighted by Gasteiger charge is -2.58. The molecule has 0 amide bonds. The van der Waals surface area contributed by atoms with Gasteiger partial charge in [-0.15, -0.1) is 0 Å². The predicted molar refractivity (Wildman–Crippen MR) is 295 cm³/mol. The maximum absolute atomic E-state index is 13.3. The largest absolute Gasteiger partial charge is 0.462 e. The zero-order valence-corrected chi connectivity index (χ0v) is 47.8. The Morgan fingerprint density at radius 2 is 1.22 bits per heavy atom. The van der Waals surface area contributed by atoms with Crippen LogP contribution in [0, 0.1) is 58.2 Å². The van der Waals surface area contributed by atoms with Gasteiger partial charge in [0, 0.05) is 19.3 Å². The molecular formula is C64H117NO4. The van der Waals surface area contributed by atoms with Gasteiger partial charge in [-0.1, -0.05) is 196 Å². The molecule has 0 aliphatic heterocycles. The minimum atomic E-state index is 0.0383. The van der Waals surface area contributed by atoms with Crippen molar-refractivity contribution in [3.8, 4) is 0 Å². The second-order valence-electron chi connectivity index (χ2n) is 25.4. The highest BCUT2D eigenvalue weighted by atomic mass is 16.5. The smallest absolute Gasteiger partial charge is 0.306 e. The third-order valence-corrected chi connectivity index (χ3v) is 20.1. The Bertz CT molecular complexity index is 1410. The van der Waals surface area contributed by atoms with Crippen molar-refractivity contribution in [2.75, 3.05) is 20.1 Å². The normalized spacial score (nSPS) is 26.9. The first kappa shape index (κ1) is 60.2. The van der Waals surface area contributed by atoms with Gasteiger partial charge in [-0.05, 0) is 168 Å². The van der Waals surface area contributed by atoms with E-state index in [1.807, 2.05) is 0 Å². The number of esters is 2. The maximum atomic E-state index is 13.3. The summed E-state index contributed by atoms with van der Waals surface area (Å²) in [5, 5.41) is 0. The highest BCUT2D eigenvalue weighted by Gasteiger charge is 2.59. The molecule has 69 heavy (non-hydrogen) atoms. The molecule has 0 saturated heterocycles. The standard InChI is InChI=1S/C64H117NO4/c1-11-14-16-18-20-27-33-55(34-28-21-19-17-15-12-2)68-61(66)35-29-23-22-25-31-53(45-48-65(10)13-3)32-26-24-30-36-62(67)69-56-43-46-63(8)54(49-56)39-40-57-59-42-41-58(64(59,9)47-44-60(57)63)52(7)38-37-51(6)50(4)5/h39,50-53,55-60H,11-38,40-49H2,1-10H3. The van der Waals surface area contributed by atoms with Crippen molar-refractivity contribution >= 4 is 11.9 Å². The van der Waals surface area contributed by atoms with Crippen LogP contribution >= 0.6 is 0 Å². The first-order valence-corrected chi connectivity index (χ1v) is 31.0. The number of ether oxygens (including phenoxy) is 2. The van der Waals surface area contributed by atoms with Gasteiger partial charge >= 0.3 is 11.9 Å². The quantitative estimate of drug-likeness (QED) is 0.0351. The first-order valence-electron chi connectivity index (χ1n) is 31.0. The van der Waals surface area contributed by atoms with Crippen molar-refractivity contribution in [3.63, 3.8) is 0 Å². The van der Waals surface area contributed by atoms with Crippen LogP contribution in [-0.4, -0.2) is 49.2 Å². The number of unbranched alkanes of at least 4 members (excludes halogenated alkanes) is 15. The van der Waals surface area contributed by atoms with Crippen LogP contribution in [0.25, 0.3) is 0 Å². The molecular weight excluding hydrogens is 847 g/mol. The van der Waals surface area contributed by atoms with Gasteiger partial charge in [0.25, 0.3) is 0 Å². The number of nitrogens with zero attached hydrogens (tertiary/aromatic N) is 1. The van der Waals surface area contributed by atoms with Crippen LogP contribution in [0.15, 0.2) is 11.6 Å². The summed E-state index contributed by atoms with van der Waals surface area (Å²) in [6, 6.07) is 0. The fourth-order valence-electron chi connectivity index (χ4n) is 14.7. The van der Waals surface area contributed by atoms with Crippen LogP contribution in [0.2, 0.25) is 0 Å². The molecule has 4 rings (SSSR count). The fraction of sp³-hybridized carbons (Fsp3) is 0.938. The predicted octanol–water partition coefficient (Wildman–Crippen LogP) is 18.8. The van der Waals surface area contributed by atoms with E-state index in [1.165, 1.54) is 167 Å². The first-order chi connectivity index (χ1) is 33.2. The Hall–Kier alpha value is -1.36. The SMILES string of the molecule is CCCCCCCCC(CCCCCCCC)OC(=O)CCCCCCC(CCCCCC(=O)OC1CCC2(C)C(=CCC3C2CCC2(C)C(C(C)CCC(C)C(C)C)CCC32)C1)CCN(C)CC. The van der Waals surface area contributed by atoms with Crippen LogP contribution in [0.3, 0.4) is 0 Å².